The maximum atomic E-state index is 12.7. The van der Waals surface area contributed by atoms with E-state index in [2.05, 4.69) is 15.2 Å². The second kappa shape index (κ2) is 9.23. The predicted octanol–water partition coefficient (Wildman–Crippen LogP) is 2.72. The van der Waals surface area contributed by atoms with Gasteiger partial charge in [-0.05, 0) is 31.0 Å². The van der Waals surface area contributed by atoms with Crippen LogP contribution in [0, 0.1) is 0 Å². The van der Waals surface area contributed by atoms with Crippen LogP contribution in [-0.4, -0.2) is 54.4 Å². The minimum absolute atomic E-state index is 0.116. The van der Waals surface area contributed by atoms with Crippen LogP contribution in [-0.2, 0) is 6.54 Å². The van der Waals surface area contributed by atoms with E-state index in [1.165, 1.54) is 12.8 Å². The van der Waals surface area contributed by atoms with Crippen LogP contribution < -0.4 is 15.0 Å². The third kappa shape index (κ3) is 4.89. The highest BCUT2D eigenvalue weighted by Crippen LogP contribution is 2.21. The summed E-state index contributed by atoms with van der Waals surface area (Å²) in [6, 6.07) is 11.0. The van der Waals surface area contributed by atoms with Crippen LogP contribution in [0.25, 0.3) is 0 Å². The van der Waals surface area contributed by atoms with Crippen LogP contribution in [0.15, 0.2) is 42.6 Å². The molecule has 1 aromatic heterocycles. The first-order valence-electron chi connectivity index (χ1n) is 9.21. The minimum atomic E-state index is -0.286. The predicted molar refractivity (Wildman–Crippen MR) is 105 cm³/mol. The Bertz CT molecular complexity index is 745. The summed E-state index contributed by atoms with van der Waals surface area (Å²) in [6.45, 7) is 2.51. The second-order valence-electron chi connectivity index (χ2n) is 6.49. The molecule has 0 radical (unpaired) electrons. The van der Waals surface area contributed by atoms with Crippen molar-refractivity contribution in [2.75, 3.05) is 43.6 Å². The van der Waals surface area contributed by atoms with Gasteiger partial charge in [0, 0.05) is 25.2 Å². The average Bonchev–Trinajstić information content (AvgIpc) is 3.23. The third-order valence-electron chi connectivity index (χ3n) is 4.64. The van der Waals surface area contributed by atoms with Crippen LogP contribution in [0.4, 0.5) is 16.3 Å². The van der Waals surface area contributed by atoms with Crippen molar-refractivity contribution < 1.29 is 14.6 Å². The molecular formula is C20H26N4O3. The van der Waals surface area contributed by atoms with Gasteiger partial charge in [0.2, 0.25) is 0 Å². The summed E-state index contributed by atoms with van der Waals surface area (Å²) < 4.78 is 5.35. The number of benzene rings is 1. The van der Waals surface area contributed by atoms with E-state index in [4.69, 9.17) is 4.74 Å². The topological polar surface area (TPSA) is 77.9 Å². The fourth-order valence-corrected chi connectivity index (χ4v) is 3.21. The van der Waals surface area contributed by atoms with Crippen molar-refractivity contribution in [3.05, 3.63) is 48.2 Å². The van der Waals surface area contributed by atoms with Gasteiger partial charge in [-0.2, -0.15) is 0 Å². The van der Waals surface area contributed by atoms with Gasteiger partial charge in [-0.3, -0.25) is 0 Å². The molecule has 0 spiro atoms. The largest absolute Gasteiger partial charge is 0.496 e. The molecule has 1 aliphatic heterocycles. The summed E-state index contributed by atoms with van der Waals surface area (Å²) in [6.07, 6.45) is 4.06. The number of anilines is 2. The van der Waals surface area contributed by atoms with Crippen LogP contribution in [0.5, 0.6) is 5.75 Å². The minimum Gasteiger partial charge on any atom is -0.496 e. The standard InChI is InChI=1S/C20H26N4O3/c1-27-18-7-3-2-6-16(18)15-24(12-13-25)20(26)22-17-8-9-19(21-14-17)23-10-4-5-11-23/h2-3,6-9,14,25H,4-5,10-13,15H2,1H3,(H,22,26). The van der Waals surface area contributed by atoms with Gasteiger partial charge in [-0.1, -0.05) is 18.2 Å². The molecule has 3 rings (SSSR count). The SMILES string of the molecule is COc1ccccc1CN(CCO)C(=O)Nc1ccc(N2CCCC2)nc1. The summed E-state index contributed by atoms with van der Waals surface area (Å²) in [4.78, 5) is 20.9. The molecule has 1 aromatic carbocycles. The molecule has 1 saturated heterocycles. The number of hydrogen-bond donors (Lipinski definition) is 2. The Balaban J connectivity index is 1.65. The third-order valence-corrected chi connectivity index (χ3v) is 4.64. The number of pyridine rings is 1. The van der Waals surface area contributed by atoms with Crippen molar-refractivity contribution in [1.82, 2.24) is 9.88 Å². The number of nitrogens with zero attached hydrogens (tertiary/aromatic N) is 3. The molecule has 2 aromatic rings. The lowest BCUT2D eigenvalue weighted by Crippen LogP contribution is -2.36. The Morgan fingerprint density at radius 2 is 2.04 bits per heavy atom. The summed E-state index contributed by atoms with van der Waals surface area (Å²) in [7, 11) is 1.60. The Morgan fingerprint density at radius 1 is 1.26 bits per heavy atom. The Kier molecular flexibility index (Phi) is 6.49. The molecule has 0 aliphatic carbocycles. The number of rotatable bonds is 7. The first kappa shape index (κ1) is 19.0. The van der Waals surface area contributed by atoms with Gasteiger partial charge in [0.25, 0.3) is 0 Å². The first-order valence-corrected chi connectivity index (χ1v) is 9.21. The molecule has 27 heavy (non-hydrogen) atoms. The Hall–Kier alpha value is -2.80. The maximum Gasteiger partial charge on any atom is 0.322 e. The van der Waals surface area contributed by atoms with E-state index in [9.17, 15) is 9.90 Å². The number of ether oxygens (including phenoxy) is 1. The number of aliphatic hydroxyl groups is 1. The Morgan fingerprint density at radius 3 is 2.70 bits per heavy atom. The number of amides is 2. The van der Waals surface area contributed by atoms with Crippen molar-refractivity contribution in [2.45, 2.75) is 19.4 Å². The quantitative estimate of drug-likeness (QED) is 0.784. The molecule has 1 aliphatic rings. The van der Waals surface area contributed by atoms with E-state index in [0.717, 1.165) is 24.5 Å². The monoisotopic (exact) mass is 370 g/mol. The van der Waals surface area contributed by atoms with E-state index < -0.39 is 0 Å². The van der Waals surface area contributed by atoms with Crippen LogP contribution >= 0.6 is 0 Å². The fraction of sp³-hybridized carbons (Fsp3) is 0.400. The van der Waals surface area contributed by atoms with Crippen LogP contribution in [0.1, 0.15) is 18.4 Å². The lowest BCUT2D eigenvalue weighted by atomic mass is 10.2. The number of nitrogens with one attached hydrogen (secondary N) is 1. The van der Waals surface area contributed by atoms with Crippen molar-refractivity contribution >= 4 is 17.5 Å². The number of carbonyl (C=O) groups excluding carboxylic acids is 1. The molecule has 2 heterocycles. The van der Waals surface area contributed by atoms with Gasteiger partial charge in [0.1, 0.15) is 11.6 Å². The molecule has 2 N–H and O–H groups in total. The van der Waals surface area contributed by atoms with Crippen molar-refractivity contribution in [1.29, 1.82) is 0 Å². The van der Waals surface area contributed by atoms with E-state index in [1.54, 1.807) is 18.2 Å². The first-order chi connectivity index (χ1) is 13.2. The highest BCUT2D eigenvalue weighted by Gasteiger charge is 2.17. The lowest BCUT2D eigenvalue weighted by molar-refractivity contribution is 0.184. The molecule has 2 amide bonds. The summed E-state index contributed by atoms with van der Waals surface area (Å²) in [5.41, 5.74) is 1.51. The average molecular weight is 370 g/mol. The van der Waals surface area contributed by atoms with E-state index >= 15 is 0 Å². The summed E-state index contributed by atoms with van der Waals surface area (Å²) in [5.74, 6) is 1.65. The molecule has 0 atom stereocenters. The van der Waals surface area contributed by atoms with Crippen molar-refractivity contribution in [2.24, 2.45) is 0 Å². The zero-order valence-electron chi connectivity index (χ0n) is 15.6. The van der Waals surface area contributed by atoms with Gasteiger partial charge in [-0.15, -0.1) is 0 Å². The normalized spacial score (nSPS) is 13.5. The van der Waals surface area contributed by atoms with Crippen LogP contribution in [0.2, 0.25) is 0 Å². The summed E-state index contributed by atoms with van der Waals surface area (Å²) >= 11 is 0. The number of carbonyl (C=O) groups is 1. The molecule has 1 fully saturated rings. The number of aromatic nitrogens is 1. The Labute approximate surface area is 159 Å². The van der Waals surface area contributed by atoms with Crippen LogP contribution in [0.3, 0.4) is 0 Å². The highest BCUT2D eigenvalue weighted by molar-refractivity contribution is 5.89. The van der Waals surface area contributed by atoms with Gasteiger partial charge >= 0.3 is 6.03 Å². The zero-order chi connectivity index (χ0) is 19.1. The number of aliphatic hydroxyl groups excluding tert-OH is 1. The van der Waals surface area contributed by atoms with E-state index in [0.29, 0.717) is 18.0 Å². The molecule has 7 nitrogen and oxygen atoms in total. The van der Waals surface area contributed by atoms with Gasteiger partial charge in [-0.25, -0.2) is 9.78 Å². The molecular weight excluding hydrogens is 344 g/mol. The van der Waals surface area contributed by atoms with E-state index in [1.807, 2.05) is 36.4 Å². The lowest BCUT2D eigenvalue weighted by Gasteiger charge is -2.23. The van der Waals surface area contributed by atoms with Crippen molar-refractivity contribution in [3.8, 4) is 5.75 Å². The number of methoxy groups -OCH3 is 1. The molecule has 0 bridgehead atoms. The molecule has 7 heteroatoms. The maximum absolute atomic E-state index is 12.7. The molecule has 0 unspecified atom stereocenters. The van der Waals surface area contributed by atoms with Crippen molar-refractivity contribution in [3.63, 3.8) is 0 Å². The van der Waals surface area contributed by atoms with Gasteiger partial charge in [0.15, 0.2) is 0 Å². The molecule has 144 valence electrons. The second-order valence-corrected chi connectivity index (χ2v) is 6.49. The number of urea groups is 1. The highest BCUT2D eigenvalue weighted by atomic mass is 16.5. The van der Waals surface area contributed by atoms with Gasteiger partial charge < -0.3 is 25.0 Å². The number of hydrogen-bond acceptors (Lipinski definition) is 5. The summed E-state index contributed by atoms with van der Waals surface area (Å²) in [5, 5.41) is 12.2. The van der Waals surface area contributed by atoms with E-state index in [-0.39, 0.29) is 19.2 Å². The fourth-order valence-electron chi connectivity index (χ4n) is 3.21. The molecule has 0 saturated carbocycles. The zero-order valence-corrected chi connectivity index (χ0v) is 15.6. The van der Waals surface area contributed by atoms with Gasteiger partial charge in [0.05, 0.1) is 32.1 Å². The number of para-hydroxylation sites is 1. The smallest absolute Gasteiger partial charge is 0.322 e.